The van der Waals surface area contributed by atoms with Crippen molar-refractivity contribution in [2.45, 2.75) is 32.2 Å². The number of nitrogens with two attached hydrogens (primary N) is 1. The third kappa shape index (κ3) is 3.18. The summed E-state index contributed by atoms with van der Waals surface area (Å²) in [6.07, 6.45) is 2.95. The van der Waals surface area contributed by atoms with E-state index in [-0.39, 0.29) is 11.9 Å². The van der Waals surface area contributed by atoms with Gasteiger partial charge >= 0.3 is 0 Å². The largest absolute Gasteiger partial charge is 0.344 e. The molecule has 0 radical (unpaired) electrons. The van der Waals surface area contributed by atoms with Gasteiger partial charge in [-0.25, -0.2) is 0 Å². The second kappa shape index (κ2) is 6.08. The van der Waals surface area contributed by atoms with Gasteiger partial charge in [0.1, 0.15) is 0 Å². The lowest BCUT2D eigenvalue weighted by atomic mass is 10.1. The molecule has 0 aliphatic carbocycles. The molecule has 1 amide bonds. The summed E-state index contributed by atoms with van der Waals surface area (Å²) in [7, 11) is 1.89. The Morgan fingerprint density at radius 3 is 2.80 bits per heavy atom. The second-order valence-corrected chi connectivity index (χ2v) is 4.24. The number of carbonyl (C=O) groups excluding carboxylic acids is 1. The molecule has 0 spiro atoms. The van der Waals surface area contributed by atoms with Gasteiger partial charge in [-0.15, -0.1) is 0 Å². The summed E-state index contributed by atoms with van der Waals surface area (Å²) in [5.41, 5.74) is 5.58. The van der Waals surface area contributed by atoms with Crippen LogP contribution in [0.4, 0.5) is 0 Å². The fraction of sp³-hybridized carbons (Fsp3) is 0.909. The van der Waals surface area contributed by atoms with Crippen LogP contribution in [0.15, 0.2) is 0 Å². The molecule has 0 aromatic rings. The minimum absolute atomic E-state index is 0.0162. The van der Waals surface area contributed by atoms with Gasteiger partial charge in [-0.2, -0.15) is 0 Å². The van der Waals surface area contributed by atoms with Crippen molar-refractivity contribution in [3.05, 3.63) is 0 Å². The molecule has 0 aromatic heterocycles. The minimum atomic E-state index is 0.0162. The molecule has 1 aliphatic heterocycles. The van der Waals surface area contributed by atoms with Crippen LogP contribution < -0.4 is 5.73 Å². The topological polar surface area (TPSA) is 49.6 Å². The van der Waals surface area contributed by atoms with E-state index in [1.54, 1.807) is 0 Å². The Hall–Kier alpha value is -0.610. The van der Waals surface area contributed by atoms with Crippen molar-refractivity contribution < 1.29 is 4.79 Å². The van der Waals surface area contributed by atoms with E-state index in [1.165, 1.54) is 0 Å². The first-order chi connectivity index (χ1) is 7.20. The number of amides is 1. The van der Waals surface area contributed by atoms with Gasteiger partial charge in [0.25, 0.3) is 0 Å². The normalized spacial score (nSPS) is 24.3. The van der Waals surface area contributed by atoms with Crippen molar-refractivity contribution in [2.24, 2.45) is 5.73 Å². The van der Waals surface area contributed by atoms with E-state index in [0.29, 0.717) is 6.54 Å². The van der Waals surface area contributed by atoms with Crippen LogP contribution in [0.2, 0.25) is 0 Å². The number of carbonyl (C=O) groups is 1. The second-order valence-electron chi connectivity index (χ2n) is 4.24. The van der Waals surface area contributed by atoms with Crippen molar-refractivity contribution in [3.63, 3.8) is 0 Å². The van der Waals surface area contributed by atoms with Gasteiger partial charge in [0.2, 0.25) is 5.91 Å². The lowest BCUT2D eigenvalue weighted by Crippen LogP contribution is -2.46. The summed E-state index contributed by atoms with van der Waals surface area (Å²) in [6, 6.07) is 0.0162. The maximum Gasteiger partial charge on any atom is 0.239 e. The highest BCUT2D eigenvalue weighted by Gasteiger charge is 2.29. The predicted molar refractivity (Wildman–Crippen MR) is 61.6 cm³/mol. The molecule has 1 heterocycles. The first kappa shape index (κ1) is 12.5. The van der Waals surface area contributed by atoms with Gasteiger partial charge in [-0.1, -0.05) is 6.92 Å². The Bertz CT molecular complexity index is 208. The van der Waals surface area contributed by atoms with Gasteiger partial charge in [0, 0.05) is 20.1 Å². The van der Waals surface area contributed by atoms with Gasteiger partial charge in [-0.05, 0) is 32.4 Å². The van der Waals surface area contributed by atoms with Gasteiger partial charge in [-0.3, -0.25) is 9.69 Å². The van der Waals surface area contributed by atoms with Crippen LogP contribution in [-0.2, 0) is 4.79 Å². The standard InChI is InChI=1S/C11H23N3O/c1-3-7-14-9-4-8-13(2)11(15)10(14)5-6-12/h10H,3-9,12H2,1-2H3. The summed E-state index contributed by atoms with van der Waals surface area (Å²) in [4.78, 5) is 16.2. The number of rotatable bonds is 4. The van der Waals surface area contributed by atoms with Crippen LogP contribution in [0.5, 0.6) is 0 Å². The summed E-state index contributed by atoms with van der Waals surface area (Å²) >= 11 is 0. The van der Waals surface area contributed by atoms with Crippen LogP contribution in [-0.4, -0.2) is 55.0 Å². The summed E-state index contributed by atoms with van der Waals surface area (Å²) in [6.45, 7) is 5.64. The first-order valence-electron chi connectivity index (χ1n) is 5.89. The number of nitrogens with zero attached hydrogens (tertiary/aromatic N) is 2. The fourth-order valence-electron chi connectivity index (χ4n) is 2.21. The number of likely N-dealkylation sites (N-methyl/N-ethyl adjacent to an activating group) is 1. The van der Waals surface area contributed by atoms with Crippen molar-refractivity contribution in [1.29, 1.82) is 0 Å². The molecule has 4 heteroatoms. The van der Waals surface area contributed by atoms with Gasteiger partial charge in [0.15, 0.2) is 0 Å². The first-order valence-corrected chi connectivity index (χ1v) is 5.89. The van der Waals surface area contributed by atoms with E-state index in [1.807, 2.05) is 11.9 Å². The number of hydrogen-bond donors (Lipinski definition) is 1. The maximum atomic E-state index is 12.0. The molecule has 1 saturated heterocycles. The van der Waals surface area contributed by atoms with E-state index < -0.39 is 0 Å². The molecule has 1 atom stereocenters. The lowest BCUT2D eigenvalue weighted by molar-refractivity contribution is -0.134. The highest BCUT2D eigenvalue weighted by Crippen LogP contribution is 2.13. The smallest absolute Gasteiger partial charge is 0.239 e. The maximum absolute atomic E-state index is 12.0. The SMILES string of the molecule is CCCN1CCCN(C)C(=O)C1CCN. The zero-order valence-electron chi connectivity index (χ0n) is 9.91. The van der Waals surface area contributed by atoms with Crippen LogP contribution in [0.25, 0.3) is 0 Å². The van der Waals surface area contributed by atoms with E-state index in [0.717, 1.165) is 38.9 Å². The van der Waals surface area contributed by atoms with Crippen molar-refractivity contribution in [3.8, 4) is 0 Å². The van der Waals surface area contributed by atoms with Crippen LogP contribution in [0.3, 0.4) is 0 Å². The van der Waals surface area contributed by atoms with Crippen molar-refractivity contribution in [2.75, 3.05) is 33.2 Å². The molecule has 1 fully saturated rings. The van der Waals surface area contributed by atoms with E-state index >= 15 is 0 Å². The van der Waals surface area contributed by atoms with Crippen LogP contribution in [0.1, 0.15) is 26.2 Å². The van der Waals surface area contributed by atoms with E-state index in [4.69, 9.17) is 5.73 Å². The molecule has 4 nitrogen and oxygen atoms in total. The quantitative estimate of drug-likeness (QED) is 0.729. The molecular weight excluding hydrogens is 190 g/mol. The zero-order chi connectivity index (χ0) is 11.3. The van der Waals surface area contributed by atoms with Crippen LogP contribution in [0, 0.1) is 0 Å². The van der Waals surface area contributed by atoms with Crippen molar-refractivity contribution in [1.82, 2.24) is 9.80 Å². The highest BCUT2D eigenvalue weighted by molar-refractivity contribution is 5.81. The van der Waals surface area contributed by atoms with Crippen LogP contribution >= 0.6 is 0 Å². The lowest BCUT2D eigenvalue weighted by Gasteiger charge is -2.28. The molecule has 1 aliphatic rings. The summed E-state index contributed by atoms with van der Waals surface area (Å²) < 4.78 is 0. The minimum Gasteiger partial charge on any atom is -0.344 e. The third-order valence-corrected chi connectivity index (χ3v) is 2.99. The van der Waals surface area contributed by atoms with Gasteiger partial charge < -0.3 is 10.6 Å². The molecule has 2 N–H and O–H groups in total. The molecule has 88 valence electrons. The molecular formula is C11H23N3O. The molecule has 0 saturated carbocycles. The Morgan fingerprint density at radius 2 is 2.20 bits per heavy atom. The molecule has 1 rings (SSSR count). The Labute approximate surface area is 92.4 Å². The van der Waals surface area contributed by atoms with E-state index in [9.17, 15) is 4.79 Å². The monoisotopic (exact) mass is 213 g/mol. The number of hydrogen-bond acceptors (Lipinski definition) is 3. The third-order valence-electron chi connectivity index (χ3n) is 2.99. The molecule has 15 heavy (non-hydrogen) atoms. The zero-order valence-corrected chi connectivity index (χ0v) is 9.91. The summed E-state index contributed by atoms with van der Waals surface area (Å²) in [5, 5.41) is 0. The van der Waals surface area contributed by atoms with Gasteiger partial charge in [0.05, 0.1) is 6.04 Å². The molecule has 0 aromatic carbocycles. The highest BCUT2D eigenvalue weighted by atomic mass is 16.2. The average molecular weight is 213 g/mol. The Balaban J connectivity index is 2.70. The van der Waals surface area contributed by atoms with E-state index in [2.05, 4.69) is 11.8 Å². The molecule has 1 unspecified atom stereocenters. The van der Waals surface area contributed by atoms with Crippen molar-refractivity contribution >= 4 is 5.91 Å². The summed E-state index contributed by atoms with van der Waals surface area (Å²) in [5.74, 6) is 0.242. The fourth-order valence-corrected chi connectivity index (χ4v) is 2.21. The Morgan fingerprint density at radius 1 is 1.47 bits per heavy atom. The predicted octanol–water partition coefficient (Wildman–Crippen LogP) is 0.278. The average Bonchev–Trinajstić information content (AvgIpc) is 2.34. The Kier molecular flexibility index (Phi) is 5.05. The molecule has 0 bridgehead atoms.